The maximum atomic E-state index is 12.4. The van der Waals surface area contributed by atoms with Crippen LogP contribution in [-0.4, -0.2) is 18.4 Å². The quantitative estimate of drug-likeness (QED) is 0.596. The van der Waals surface area contributed by atoms with Gasteiger partial charge in [-0.05, 0) is 40.9 Å². The monoisotopic (exact) mass is 316 g/mol. The Balaban J connectivity index is 2.24. The first kappa shape index (κ1) is 17.7. The van der Waals surface area contributed by atoms with Crippen molar-refractivity contribution in [3.63, 3.8) is 0 Å². The second-order valence-corrected chi connectivity index (χ2v) is 7.65. The van der Waals surface area contributed by atoms with E-state index in [9.17, 15) is 9.59 Å². The lowest BCUT2D eigenvalue weighted by Gasteiger charge is -2.32. The predicted octanol–water partition coefficient (Wildman–Crippen LogP) is 4.42. The van der Waals surface area contributed by atoms with E-state index in [2.05, 4.69) is 40.7 Å². The number of hydrogen-bond donors (Lipinski definition) is 0. The van der Waals surface area contributed by atoms with E-state index >= 15 is 0 Å². The Labute approximate surface area is 139 Å². The van der Waals surface area contributed by atoms with Gasteiger partial charge in [0.25, 0.3) is 0 Å². The highest BCUT2D eigenvalue weighted by Gasteiger charge is 2.48. The minimum absolute atomic E-state index is 0.00834. The first-order valence-corrected chi connectivity index (χ1v) is 8.46. The molecular weight excluding hydrogens is 288 g/mol. The lowest BCUT2D eigenvalue weighted by molar-refractivity contribution is -0.143. The summed E-state index contributed by atoms with van der Waals surface area (Å²) in [4.78, 5) is 23.8. The van der Waals surface area contributed by atoms with Gasteiger partial charge in [0.2, 0.25) is 0 Å². The van der Waals surface area contributed by atoms with Gasteiger partial charge in [0.15, 0.2) is 5.78 Å². The summed E-state index contributed by atoms with van der Waals surface area (Å²) in [5, 5.41) is 0. The Bertz CT molecular complexity index is 626. The fourth-order valence-electron chi connectivity index (χ4n) is 3.77. The standard InChI is InChI=1S/C20H28O3/c1-7-23-18(22)11-10-17(21)14-8-9-15-16(12-14)20(5,6)13(2)19(15,3)4/h8-9,12-13H,7,10-11H2,1-6H3. The lowest BCUT2D eigenvalue weighted by atomic mass is 9.71. The first-order valence-electron chi connectivity index (χ1n) is 8.46. The average Bonchev–Trinajstić information content (AvgIpc) is 2.63. The first-order chi connectivity index (χ1) is 10.6. The Morgan fingerprint density at radius 1 is 1.04 bits per heavy atom. The zero-order valence-electron chi connectivity index (χ0n) is 15.2. The number of benzene rings is 1. The Hall–Kier alpha value is -1.64. The third-order valence-corrected chi connectivity index (χ3v) is 5.76. The van der Waals surface area contributed by atoms with E-state index in [0.29, 0.717) is 18.1 Å². The summed E-state index contributed by atoms with van der Waals surface area (Å²) in [5.74, 6) is 0.195. The molecule has 0 amide bonds. The molecule has 0 aromatic heterocycles. The van der Waals surface area contributed by atoms with Crippen LogP contribution in [0.15, 0.2) is 18.2 Å². The summed E-state index contributed by atoms with van der Waals surface area (Å²) in [6, 6.07) is 6.04. The SMILES string of the molecule is CCOC(=O)CCC(=O)c1ccc2c(c1)C(C)(C)C(C)C2(C)C. The van der Waals surface area contributed by atoms with Crippen molar-refractivity contribution in [2.24, 2.45) is 5.92 Å². The number of ketones is 1. The van der Waals surface area contributed by atoms with Crippen LogP contribution in [0.25, 0.3) is 0 Å². The molecule has 0 radical (unpaired) electrons. The van der Waals surface area contributed by atoms with Crippen molar-refractivity contribution in [2.75, 3.05) is 6.61 Å². The van der Waals surface area contributed by atoms with Gasteiger partial charge in [-0.15, -0.1) is 0 Å². The molecule has 1 unspecified atom stereocenters. The molecule has 1 aliphatic rings. The number of fused-ring (bicyclic) bond motifs is 1. The highest BCUT2D eigenvalue weighted by atomic mass is 16.5. The van der Waals surface area contributed by atoms with Crippen LogP contribution in [0, 0.1) is 5.92 Å². The third kappa shape index (κ3) is 3.06. The molecule has 2 rings (SSSR count). The molecule has 0 saturated carbocycles. The van der Waals surface area contributed by atoms with E-state index in [0.717, 1.165) is 0 Å². The summed E-state index contributed by atoms with van der Waals surface area (Å²) in [6.07, 6.45) is 0.353. The predicted molar refractivity (Wildman–Crippen MR) is 91.9 cm³/mol. The van der Waals surface area contributed by atoms with Crippen LogP contribution in [0.3, 0.4) is 0 Å². The summed E-state index contributed by atoms with van der Waals surface area (Å²) in [5.41, 5.74) is 3.43. The Morgan fingerprint density at radius 2 is 1.65 bits per heavy atom. The lowest BCUT2D eigenvalue weighted by Crippen LogP contribution is -2.30. The van der Waals surface area contributed by atoms with Crippen LogP contribution < -0.4 is 0 Å². The van der Waals surface area contributed by atoms with Gasteiger partial charge in [0.1, 0.15) is 0 Å². The molecule has 0 bridgehead atoms. The van der Waals surface area contributed by atoms with E-state index in [-0.39, 0.29) is 35.4 Å². The van der Waals surface area contributed by atoms with Crippen molar-refractivity contribution in [3.8, 4) is 0 Å². The molecule has 0 N–H and O–H groups in total. The fraction of sp³-hybridized carbons (Fsp3) is 0.600. The molecule has 0 heterocycles. The van der Waals surface area contributed by atoms with E-state index < -0.39 is 0 Å². The van der Waals surface area contributed by atoms with Gasteiger partial charge in [-0.3, -0.25) is 9.59 Å². The number of ether oxygens (including phenoxy) is 1. The zero-order valence-corrected chi connectivity index (χ0v) is 15.2. The average molecular weight is 316 g/mol. The van der Waals surface area contributed by atoms with Crippen LogP contribution in [0.5, 0.6) is 0 Å². The van der Waals surface area contributed by atoms with Gasteiger partial charge in [-0.1, -0.05) is 46.8 Å². The minimum atomic E-state index is -0.308. The van der Waals surface area contributed by atoms with Gasteiger partial charge < -0.3 is 4.74 Å². The second-order valence-electron chi connectivity index (χ2n) is 7.65. The molecule has 0 saturated heterocycles. The van der Waals surface area contributed by atoms with Crippen molar-refractivity contribution in [2.45, 2.75) is 65.2 Å². The molecule has 23 heavy (non-hydrogen) atoms. The molecular formula is C20H28O3. The molecule has 1 atom stereocenters. The van der Waals surface area contributed by atoms with Gasteiger partial charge in [0.05, 0.1) is 13.0 Å². The molecule has 0 aliphatic heterocycles. The highest BCUT2D eigenvalue weighted by molar-refractivity contribution is 5.98. The van der Waals surface area contributed by atoms with E-state index in [1.54, 1.807) is 6.92 Å². The van der Waals surface area contributed by atoms with Crippen molar-refractivity contribution in [3.05, 3.63) is 34.9 Å². The smallest absolute Gasteiger partial charge is 0.306 e. The zero-order chi connectivity index (χ0) is 17.4. The van der Waals surface area contributed by atoms with Crippen LogP contribution in [0.2, 0.25) is 0 Å². The molecule has 0 spiro atoms. The number of rotatable bonds is 5. The van der Waals surface area contributed by atoms with Crippen LogP contribution in [0.1, 0.15) is 75.9 Å². The minimum Gasteiger partial charge on any atom is -0.466 e. The fourth-order valence-corrected chi connectivity index (χ4v) is 3.77. The number of carbonyl (C=O) groups excluding carboxylic acids is 2. The Morgan fingerprint density at radius 3 is 2.26 bits per heavy atom. The third-order valence-electron chi connectivity index (χ3n) is 5.76. The number of hydrogen-bond acceptors (Lipinski definition) is 3. The van der Waals surface area contributed by atoms with Crippen LogP contribution in [0.4, 0.5) is 0 Å². The maximum absolute atomic E-state index is 12.4. The normalized spacial score (nSPS) is 20.9. The molecule has 1 aromatic rings. The molecule has 3 heteroatoms. The van der Waals surface area contributed by atoms with Gasteiger partial charge in [-0.25, -0.2) is 0 Å². The molecule has 3 nitrogen and oxygen atoms in total. The molecule has 1 aromatic carbocycles. The van der Waals surface area contributed by atoms with Crippen molar-refractivity contribution in [1.29, 1.82) is 0 Å². The van der Waals surface area contributed by atoms with E-state index in [1.807, 2.05) is 12.1 Å². The number of esters is 1. The summed E-state index contributed by atoms with van der Waals surface area (Å²) in [6.45, 7) is 13.4. The topological polar surface area (TPSA) is 43.4 Å². The van der Waals surface area contributed by atoms with Gasteiger partial charge in [0, 0.05) is 12.0 Å². The van der Waals surface area contributed by atoms with Gasteiger partial charge in [-0.2, -0.15) is 0 Å². The van der Waals surface area contributed by atoms with E-state index in [4.69, 9.17) is 4.74 Å². The molecule has 126 valence electrons. The summed E-state index contributed by atoms with van der Waals surface area (Å²) in [7, 11) is 0. The van der Waals surface area contributed by atoms with Crippen molar-refractivity contribution >= 4 is 11.8 Å². The van der Waals surface area contributed by atoms with Gasteiger partial charge >= 0.3 is 5.97 Å². The largest absolute Gasteiger partial charge is 0.466 e. The van der Waals surface area contributed by atoms with Crippen LogP contribution >= 0.6 is 0 Å². The van der Waals surface area contributed by atoms with Crippen molar-refractivity contribution in [1.82, 2.24) is 0 Å². The summed E-state index contributed by atoms with van der Waals surface area (Å²) >= 11 is 0. The Kier molecular flexibility index (Phi) is 4.70. The molecule has 1 aliphatic carbocycles. The van der Waals surface area contributed by atoms with E-state index in [1.165, 1.54) is 11.1 Å². The number of carbonyl (C=O) groups is 2. The van der Waals surface area contributed by atoms with Crippen LogP contribution in [-0.2, 0) is 20.4 Å². The molecule has 0 fully saturated rings. The summed E-state index contributed by atoms with van der Waals surface area (Å²) < 4.78 is 4.89. The number of Topliss-reactive ketones (excluding diaryl/α,β-unsaturated/α-hetero) is 1. The highest BCUT2D eigenvalue weighted by Crippen LogP contribution is 2.53. The van der Waals surface area contributed by atoms with Crippen molar-refractivity contribution < 1.29 is 14.3 Å². The second kappa shape index (κ2) is 6.10. The maximum Gasteiger partial charge on any atom is 0.306 e.